The molecule has 0 unspecified atom stereocenters. The number of aliphatic hydroxyl groups excluding tert-OH is 1. The summed E-state index contributed by atoms with van der Waals surface area (Å²) in [7, 11) is 0. The van der Waals surface area contributed by atoms with Crippen LogP contribution in [0.2, 0.25) is 5.02 Å². The largest absolute Gasteiger partial charge is 0.384 e. The molecule has 1 atom stereocenters. The van der Waals surface area contributed by atoms with Gasteiger partial charge in [0.05, 0.1) is 22.9 Å². The van der Waals surface area contributed by atoms with E-state index in [0.29, 0.717) is 10.7 Å². The minimum atomic E-state index is -0.707. The molecule has 1 rings (SSSR count). The van der Waals surface area contributed by atoms with Crippen LogP contribution in [-0.4, -0.2) is 22.3 Å². The van der Waals surface area contributed by atoms with Crippen LogP contribution in [0.15, 0.2) is 18.3 Å². The van der Waals surface area contributed by atoms with E-state index in [9.17, 15) is 5.11 Å². The summed E-state index contributed by atoms with van der Waals surface area (Å²) in [5.74, 6) is 0. The van der Waals surface area contributed by atoms with Crippen LogP contribution in [-0.2, 0) is 4.74 Å². The predicted molar refractivity (Wildman–Crippen MR) is 59.9 cm³/mol. The number of halogens is 1. The van der Waals surface area contributed by atoms with Crippen LogP contribution in [0.4, 0.5) is 0 Å². The van der Waals surface area contributed by atoms with Crippen molar-refractivity contribution in [2.24, 2.45) is 0 Å². The third-order valence-electron chi connectivity index (χ3n) is 1.77. The molecule has 84 valence electrons. The molecule has 0 spiro atoms. The summed E-state index contributed by atoms with van der Waals surface area (Å²) in [6.07, 6.45) is 0.804. The highest BCUT2D eigenvalue weighted by molar-refractivity contribution is 6.30. The second-order valence-electron chi connectivity index (χ2n) is 4.34. The highest BCUT2D eigenvalue weighted by atomic mass is 35.5. The fourth-order valence-corrected chi connectivity index (χ4v) is 1.11. The van der Waals surface area contributed by atoms with Crippen molar-refractivity contribution in [1.29, 1.82) is 0 Å². The van der Waals surface area contributed by atoms with Crippen molar-refractivity contribution in [1.82, 2.24) is 4.98 Å². The Bertz CT molecular complexity index is 305. The van der Waals surface area contributed by atoms with Gasteiger partial charge in [-0.25, -0.2) is 0 Å². The average Bonchev–Trinajstić information content (AvgIpc) is 2.14. The lowest BCUT2D eigenvalue weighted by molar-refractivity contribution is -0.0506. The van der Waals surface area contributed by atoms with E-state index in [0.717, 1.165) is 0 Å². The maximum atomic E-state index is 9.74. The van der Waals surface area contributed by atoms with E-state index in [1.807, 2.05) is 20.8 Å². The molecule has 0 radical (unpaired) electrons. The molecule has 0 aliphatic carbocycles. The molecule has 1 N–H and O–H groups in total. The fraction of sp³-hybridized carbons (Fsp3) is 0.545. The number of aromatic nitrogens is 1. The van der Waals surface area contributed by atoms with Gasteiger partial charge in [0.25, 0.3) is 0 Å². The van der Waals surface area contributed by atoms with Crippen LogP contribution < -0.4 is 0 Å². The molecule has 1 heterocycles. The Kier molecular flexibility index (Phi) is 4.08. The summed E-state index contributed by atoms with van der Waals surface area (Å²) >= 11 is 5.69. The first kappa shape index (κ1) is 12.4. The topological polar surface area (TPSA) is 42.4 Å². The van der Waals surface area contributed by atoms with Gasteiger partial charge in [0.2, 0.25) is 0 Å². The quantitative estimate of drug-likeness (QED) is 0.866. The molecule has 0 bridgehead atoms. The Hall–Kier alpha value is -0.640. The van der Waals surface area contributed by atoms with E-state index in [4.69, 9.17) is 16.3 Å². The SMILES string of the molecule is CC(C)(C)OC[C@H](O)c1ccc(Cl)cn1. The lowest BCUT2D eigenvalue weighted by Gasteiger charge is -2.21. The smallest absolute Gasteiger partial charge is 0.119 e. The van der Waals surface area contributed by atoms with Crippen LogP contribution in [0.1, 0.15) is 32.6 Å². The van der Waals surface area contributed by atoms with Crippen LogP contribution in [0.5, 0.6) is 0 Å². The maximum Gasteiger partial charge on any atom is 0.119 e. The Morgan fingerprint density at radius 1 is 1.47 bits per heavy atom. The molecule has 0 saturated carbocycles. The Balaban J connectivity index is 2.54. The van der Waals surface area contributed by atoms with Gasteiger partial charge in [-0.2, -0.15) is 0 Å². The van der Waals surface area contributed by atoms with Gasteiger partial charge in [0.15, 0.2) is 0 Å². The summed E-state index contributed by atoms with van der Waals surface area (Å²) in [6, 6.07) is 3.39. The van der Waals surface area contributed by atoms with Crippen molar-refractivity contribution in [3.63, 3.8) is 0 Å². The van der Waals surface area contributed by atoms with Crippen molar-refractivity contribution in [2.75, 3.05) is 6.61 Å². The van der Waals surface area contributed by atoms with Gasteiger partial charge in [-0.05, 0) is 32.9 Å². The zero-order valence-corrected chi connectivity index (χ0v) is 9.95. The van der Waals surface area contributed by atoms with E-state index in [2.05, 4.69) is 4.98 Å². The fourth-order valence-electron chi connectivity index (χ4n) is 0.999. The van der Waals surface area contributed by atoms with Crippen LogP contribution >= 0.6 is 11.6 Å². The van der Waals surface area contributed by atoms with Gasteiger partial charge < -0.3 is 9.84 Å². The van der Waals surface area contributed by atoms with Crippen LogP contribution in [0.25, 0.3) is 0 Å². The van der Waals surface area contributed by atoms with Gasteiger partial charge >= 0.3 is 0 Å². The van der Waals surface area contributed by atoms with Crippen LogP contribution in [0.3, 0.4) is 0 Å². The monoisotopic (exact) mass is 229 g/mol. The van der Waals surface area contributed by atoms with E-state index in [-0.39, 0.29) is 12.2 Å². The second kappa shape index (κ2) is 4.92. The number of ether oxygens (including phenoxy) is 1. The normalized spacial score (nSPS) is 13.9. The number of hydrogen-bond acceptors (Lipinski definition) is 3. The number of nitrogens with zero attached hydrogens (tertiary/aromatic N) is 1. The Morgan fingerprint density at radius 3 is 2.60 bits per heavy atom. The molecule has 4 heteroatoms. The minimum Gasteiger partial charge on any atom is -0.384 e. The summed E-state index contributed by atoms with van der Waals surface area (Å²) in [5, 5.41) is 10.3. The summed E-state index contributed by atoms with van der Waals surface area (Å²) in [6.45, 7) is 6.05. The maximum absolute atomic E-state index is 9.74. The molecule has 0 aliphatic rings. The number of pyridine rings is 1. The van der Waals surface area contributed by atoms with Crippen LogP contribution in [0, 0.1) is 0 Å². The molecular weight excluding hydrogens is 214 g/mol. The standard InChI is InChI=1S/C11H16ClNO2/c1-11(2,3)15-7-10(14)9-5-4-8(12)6-13-9/h4-6,10,14H,7H2,1-3H3/t10-/m0/s1. The molecular formula is C11H16ClNO2. The molecule has 1 aromatic heterocycles. The molecule has 0 aliphatic heterocycles. The Morgan fingerprint density at radius 2 is 2.13 bits per heavy atom. The third-order valence-corrected chi connectivity index (χ3v) is 1.99. The second-order valence-corrected chi connectivity index (χ2v) is 4.78. The first-order valence-electron chi connectivity index (χ1n) is 4.82. The molecule has 0 fully saturated rings. The van der Waals surface area contributed by atoms with Crippen molar-refractivity contribution >= 4 is 11.6 Å². The van der Waals surface area contributed by atoms with E-state index in [1.54, 1.807) is 12.1 Å². The van der Waals surface area contributed by atoms with Crippen molar-refractivity contribution < 1.29 is 9.84 Å². The number of hydrogen-bond donors (Lipinski definition) is 1. The van der Waals surface area contributed by atoms with E-state index < -0.39 is 6.10 Å². The molecule has 1 aromatic rings. The van der Waals surface area contributed by atoms with Crippen molar-refractivity contribution in [3.05, 3.63) is 29.0 Å². The van der Waals surface area contributed by atoms with Gasteiger partial charge in [-0.1, -0.05) is 11.6 Å². The van der Waals surface area contributed by atoms with Gasteiger partial charge in [-0.15, -0.1) is 0 Å². The molecule has 3 nitrogen and oxygen atoms in total. The van der Waals surface area contributed by atoms with E-state index >= 15 is 0 Å². The highest BCUT2D eigenvalue weighted by Gasteiger charge is 2.15. The number of aliphatic hydroxyl groups is 1. The zero-order chi connectivity index (χ0) is 11.5. The van der Waals surface area contributed by atoms with E-state index in [1.165, 1.54) is 6.20 Å². The third kappa shape index (κ3) is 4.60. The molecule has 0 aromatic carbocycles. The lowest BCUT2D eigenvalue weighted by atomic mass is 10.2. The summed E-state index contributed by atoms with van der Waals surface area (Å²) in [4.78, 5) is 4.02. The molecule has 15 heavy (non-hydrogen) atoms. The van der Waals surface area contributed by atoms with Gasteiger partial charge in [-0.3, -0.25) is 4.98 Å². The Labute approximate surface area is 95.1 Å². The average molecular weight is 230 g/mol. The van der Waals surface area contributed by atoms with Gasteiger partial charge in [0.1, 0.15) is 6.10 Å². The van der Waals surface area contributed by atoms with Gasteiger partial charge in [0, 0.05) is 6.20 Å². The molecule has 0 amide bonds. The highest BCUT2D eigenvalue weighted by Crippen LogP contribution is 2.16. The number of rotatable bonds is 3. The first-order chi connectivity index (χ1) is 6.88. The summed E-state index contributed by atoms with van der Waals surface area (Å²) < 4.78 is 5.45. The first-order valence-corrected chi connectivity index (χ1v) is 5.20. The molecule has 0 saturated heterocycles. The van der Waals surface area contributed by atoms with Crippen molar-refractivity contribution in [3.8, 4) is 0 Å². The van der Waals surface area contributed by atoms with Crippen molar-refractivity contribution in [2.45, 2.75) is 32.5 Å². The lowest BCUT2D eigenvalue weighted by Crippen LogP contribution is -2.23. The minimum absolute atomic E-state index is 0.234. The zero-order valence-electron chi connectivity index (χ0n) is 9.20. The predicted octanol–water partition coefficient (Wildman–Crippen LogP) is 2.58. The summed E-state index contributed by atoms with van der Waals surface area (Å²) in [5.41, 5.74) is 0.316.